The summed E-state index contributed by atoms with van der Waals surface area (Å²) in [7, 11) is 0. The van der Waals surface area contributed by atoms with Crippen molar-refractivity contribution in [1.82, 2.24) is 0 Å². The number of hydrogen-bond acceptors (Lipinski definition) is 5. The molecule has 0 aromatic heterocycles. The number of carbonyl (C=O) groups is 1. The van der Waals surface area contributed by atoms with Gasteiger partial charge >= 0.3 is 6.09 Å². The summed E-state index contributed by atoms with van der Waals surface area (Å²) in [5.74, 6) is 0. The molecule has 0 saturated heterocycles. The second-order valence-corrected chi connectivity index (χ2v) is 2.47. The second-order valence-electron chi connectivity index (χ2n) is 2.47. The molecule has 0 aliphatic rings. The second kappa shape index (κ2) is 7.74. The monoisotopic (exact) mass is 197 g/mol. The average Bonchev–Trinajstić information content (AvgIpc) is 2.09. The maximum atomic E-state index is 8.78. The number of amides is 1. The Morgan fingerprint density at radius 1 is 1.00 bits per heavy atom. The van der Waals surface area contributed by atoms with Gasteiger partial charge in [0.25, 0.3) is 0 Å². The number of primary amides is 1. The van der Waals surface area contributed by atoms with Crippen molar-refractivity contribution in [2.24, 2.45) is 11.1 Å². The molecule has 0 bridgehead atoms. The molecule has 0 fully saturated rings. The number of carboxylic acid groups (broad SMARTS) is 1. The van der Waals surface area contributed by atoms with Crippen LogP contribution in [-0.4, -0.2) is 58.1 Å². The van der Waals surface area contributed by atoms with Gasteiger partial charge in [0.1, 0.15) is 0 Å². The SMILES string of the molecule is NC(=O)O.OCC(CO)(CO)CO. The summed E-state index contributed by atoms with van der Waals surface area (Å²) in [4.78, 5) is 8.78. The van der Waals surface area contributed by atoms with Crippen LogP contribution in [-0.2, 0) is 0 Å². The van der Waals surface area contributed by atoms with Gasteiger partial charge in [-0.05, 0) is 0 Å². The zero-order valence-corrected chi connectivity index (χ0v) is 7.05. The van der Waals surface area contributed by atoms with Crippen LogP contribution in [0.25, 0.3) is 0 Å². The zero-order valence-electron chi connectivity index (χ0n) is 7.05. The third-order valence-electron chi connectivity index (χ3n) is 1.34. The Labute approximate surface area is 75.0 Å². The van der Waals surface area contributed by atoms with Gasteiger partial charge in [-0.25, -0.2) is 4.79 Å². The molecule has 0 saturated carbocycles. The molecule has 0 atom stereocenters. The first-order chi connectivity index (χ1) is 5.97. The van der Waals surface area contributed by atoms with E-state index < -0.39 is 37.9 Å². The number of hydrogen-bond donors (Lipinski definition) is 6. The molecule has 7 N–H and O–H groups in total. The van der Waals surface area contributed by atoms with E-state index in [-0.39, 0.29) is 0 Å². The van der Waals surface area contributed by atoms with E-state index in [1.165, 1.54) is 0 Å². The average molecular weight is 197 g/mol. The lowest BCUT2D eigenvalue weighted by Gasteiger charge is -2.23. The number of aliphatic hydroxyl groups is 4. The highest BCUT2D eigenvalue weighted by Crippen LogP contribution is 2.11. The largest absolute Gasteiger partial charge is 0.465 e. The normalized spacial score (nSPS) is 10.2. The van der Waals surface area contributed by atoms with E-state index in [1.807, 2.05) is 0 Å². The fourth-order valence-electron chi connectivity index (χ4n) is 0.300. The van der Waals surface area contributed by atoms with Gasteiger partial charge in [-0.2, -0.15) is 0 Å². The fourth-order valence-corrected chi connectivity index (χ4v) is 0.300. The molecule has 7 heteroatoms. The summed E-state index contributed by atoms with van der Waals surface area (Å²) >= 11 is 0. The molecule has 0 spiro atoms. The summed E-state index contributed by atoms with van der Waals surface area (Å²) in [6.45, 7) is -1.62. The predicted molar refractivity (Wildman–Crippen MR) is 43.0 cm³/mol. The lowest BCUT2D eigenvalue weighted by atomic mass is 9.93. The van der Waals surface area contributed by atoms with Crippen LogP contribution in [0.4, 0.5) is 4.79 Å². The molecular weight excluding hydrogens is 182 g/mol. The number of rotatable bonds is 4. The van der Waals surface area contributed by atoms with E-state index in [4.69, 9.17) is 30.3 Å². The van der Waals surface area contributed by atoms with Gasteiger partial charge in [0.15, 0.2) is 0 Å². The highest BCUT2D eigenvalue weighted by molar-refractivity contribution is 5.61. The van der Waals surface area contributed by atoms with Crippen molar-refractivity contribution in [2.45, 2.75) is 0 Å². The van der Waals surface area contributed by atoms with E-state index in [2.05, 4.69) is 5.73 Å². The molecular formula is C6H15NO6. The van der Waals surface area contributed by atoms with Crippen LogP contribution in [0.15, 0.2) is 0 Å². The Hall–Kier alpha value is -0.890. The van der Waals surface area contributed by atoms with Crippen molar-refractivity contribution >= 4 is 6.09 Å². The zero-order chi connectivity index (χ0) is 10.9. The quantitative estimate of drug-likeness (QED) is 0.295. The molecule has 0 unspecified atom stereocenters. The number of nitrogens with two attached hydrogens (primary N) is 1. The Morgan fingerprint density at radius 2 is 1.15 bits per heavy atom. The Kier molecular flexibility index (Phi) is 8.71. The van der Waals surface area contributed by atoms with Crippen molar-refractivity contribution in [3.05, 3.63) is 0 Å². The molecule has 0 radical (unpaired) electrons. The Morgan fingerprint density at radius 3 is 1.15 bits per heavy atom. The van der Waals surface area contributed by atoms with Crippen LogP contribution in [0.1, 0.15) is 0 Å². The molecule has 0 aliphatic heterocycles. The summed E-state index contributed by atoms with van der Waals surface area (Å²) in [6.07, 6.45) is -1.33. The smallest absolute Gasteiger partial charge is 0.402 e. The summed E-state index contributed by atoms with van der Waals surface area (Å²) in [5, 5.41) is 41.2. The van der Waals surface area contributed by atoms with Gasteiger partial charge in [0.05, 0.1) is 31.8 Å². The molecule has 0 aliphatic carbocycles. The van der Waals surface area contributed by atoms with Crippen LogP contribution in [0, 0.1) is 5.41 Å². The molecule has 80 valence electrons. The van der Waals surface area contributed by atoms with Crippen molar-refractivity contribution in [3.63, 3.8) is 0 Å². The van der Waals surface area contributed by atoms with Crippen molar-refractivity contribution in [1.29, 1.82) is 0 Å². The highest BCUT2D eigenvalue weighted by atomic mass is 16.4. The van der Waals surface area contributed by atoms with E-state index in [1.54, 1.807) is 0 Å². The predicted octanol–water partition coefficient (Wildman–Crippen LogP) is -2.43. The van der Waals surface area contributed by atoms with Gasteiger partial charge in [-0.1, -0.05) is 0 Å². The van der Waals surface area contributed by atoms with Crippen LogP contribution >= 0.6 is 0 Å². The third-order valence-corrected chi connectivity index (χ3v) is 1.34. The first-order valence-corrected chi connectivity index (χ1v) is 3.40. The summed E-state index contributed by atoms with van der Waals surface area (Å²) < 4.78 is 0. The third kappa shape index (κ3) is 7.47. The molecule has 0 aromatic carbocycles. The van der Waals surface area contributed by atoms with Crippen LogP contribution in [0.5, 0.6) is 0 Å². The lowest BCUT2D eigenvalue weighted by Crippen LogP contribution is -2.37. The van der Waals surface area contributed by atoms with E-state index in [9.17, 15) is 0 Å². The molecule has 0 heterocycles. The summed E-state index contributed by atoms with van der Waals surface area (Å²) in [6, 6.07) is 0. The van der Waals surface area contributed by atoms with Gasteiger partial charge in [-0.3, -0.25) is 0 Å². The molecule has 7 nitrogen and oxygen atoms in total. The van der Waals surface area contributed by atoms with E-state index in [0.717, 1.165) is 0 Å². The molecule has 0 rings (SSSR count). The van der Waals surface area contributed by atoms with Gasteiger partial charge < -0.3 is 31.3 Å². The van der Waals surface area contributed by atoms with E-state index >= 15 is 0 Å². The maximum Gasteiger partial charge on any atom is 0.402 e. The van der Waals surface area contributed by atoms with Crippen LogP contribution < -0.4 is 5.73 Å². The molecule has 13 heavy (non-hydrogen) atoms. The molecule has 1 amide bonds. The first kappa shape index (κ1) is 14.6. The Balaban J connectivity index is 0. The van der Waals surface area contributed by atoms with Crippen LogP contribution in [0.2, 0.25) is 0 Å². The molecule has 0 aromatic rings. The van der Waals surface area contributed by atoms with Gasteiger partial charge in [0, 0.05) is 0 Å². The van der Waals surface area contributed by atoms with Gasteiger partial charge in [0.2, 0.25) is 0 Å². The minimum absolute atomic E-state index is 0.406. The standard InChI is InChI=1S/C5H12O4.CH3NO2/c6-1-5(2-7,3-8)4-9;2-1(3)4/h6-9H,1-4H2;2H2,(H,3,4). The highest BCUT2D eigenvalue weighted by Gasteiger charge is 2.26. The van der Waals surface area contributed by atoms with Crippen LogP contribution in [0.3, 0.4) is 0 Å². The number of aliphatic hydroxyl groups excluding tert-OH is 4. The lowest BCUT2D eigenvalue weighted by molar-refractivity contribution is -0.0328. The Bertz CT molecular complexity index is 114. The topological polar surface area (TPSA) is 144 Å². The van der Waals surface area contributed by atoms with Crippen molar-refractivity contribution in [2.75, 3.05) is 26.4 Å². The van der Waals surface area contributed by atoms with Crippen molar-refractivity contribution < 1.29 is 30.3 Å². The van der Waals surface area contributed by atoms with Gasteiger partial charge in [-0.15, -0.1) is 0 Å². The first-order valence-electron chi connectivity index (χ1n) is 3.40. The minimum atomic E-state index is -1.33. The minimum Gasteiger partial charge on any atom is -0.465 e. The van der Waals surface area contributed by atoms with E-state index in [0.29, 0.717) is 0 Å². The fraction of sp³-hybridized carbons (Fsp3) is 0.833. The maximum absolute atomic E-state index is 8.78. The van der Waals surface area contributed by atoms with Crippen molar-refractivity contribution in [3.8, 4) is 0 Å². The summed E-state index contributed by atoms with van der Waals surface area (Å²) in [5.41, 5.74) is 2.92.